The van der Waals surface area contributed by atoms with Crippen LogP contribution < -0.4 is 10.6 Å². The maximum absolute atomic E-state index is 11.9. The molecular weight excluding hydrogens is 274 g/mol. The largest absolute Gasteiger partial charge is 0.478 e. The minimum Gasteiger partial charge on any atom is -0.478 e. The molecule has 2 rings (SSSR count). The molecule has 2 aromatic rings. The van der Waals surface area contributed by atoms with Crippen molar-refractivity contribution in [1.29, 1.82) is 0 Å². The highest BCUT2D eigenvalue weighted by Crippen LogP contribution is 2.17. The Hall–Kier alpha value is -2.90. The van der Waals surface area contributed by atoms with Crippen LogP contribution >= 0.6 is 0 Å². The number of nitrogens with zero attached hydrogens (tertiary/aromatic N) is 2. The van der Waals surface area contributed by atoms with E-state index in [2.05, 4.69) is 25.8 Å². The molecule has 8 nitrogen and oxygen atoms in total. The van der Waals surface area contributed by atoms with E-state index in [0.717, 1.165) is 0 Å². The number of anilines is 1. The molecule has 0 aliphatic rings. The Morgan fingerprint density at radius 3 is 2.71 bits per heavy atom. The van der Waals surface area contributed by atoms with Gasteiger partial charge in [-0.15, -0.1) is 0 Å². The van der Waals surface area contributed by atoms with Crippen molar-refractivity contribution in [3.05, 3.63) is 41.5 Å². The third kappa shape index (κ3) is 3.56. The lowest BCUT2D eigenvalue weighted by Gasteiger charge is -2.13. The summed E-state index contributed by atoms with van der Waals surface area (Å²) in [7, 11) is 0. The van der Waals surface area contributed by atoms with E-state index >= 15 is 0 Å². The van der Waals surface area contributed by atoms with E-state index in [1.54, 1.807) is 19.9 Å². The number of carboxylic acid groups (broad SMARTS) is 1. The van der Waals surface area contributed by atoms with E-state index in [4.69, 9.17) is 5.11 Å². The van der Waals surface area contributed by atoms with Gasteiger partial charge in [0.1, 0.15) is 12.2 Å². The Kier molecular flexibility index (Phi) is 4.17. The van der Waals surface area contributed by atoms with Gasteiger partial charge in [0, 0.05) is 5.69 Å². The number of benzene rings is 1. The summed E-state index contributed by atoms with van der Waals surface area (Å²) in [6, 6.07) is 3.75. The van der Waals surface area contributed by atoms with Crippen LogP contribution in [0.25, 0.3) is 0 Å². The number of aromatic carboxylic acids is 1. The standard InChI is InChI=1S/C13H15N5O3/c1-7-5-9(12(19)20)3-4-10(7)17-13(21)16-8(2)11-14-6-15-18-11/h3-6,8H,1-2H3,(H,19,20)(H,14,15,18)(H2,16,17,21). The zero-order valence-electron chi connectivity index (χ0n) is 11.5. The lowest BCUT2D eigenvalue weighted by atomic mass is 10.1. The second-order valence-corrected chi connectivity index (χ2v) is 4.53. The van der Waals surface area contributed by atoms with Crippen molar-refractivity contribution in [2.24, 2.45) is 0 Å². The molecule has 0 fully saturated rings. The first kappa shape index (κ1) is 14.5. The van der Waals surface area contributed by atoms with Gasteiger partial charge < -0.3 is 15.7 Å². The molecule has 1 unspecified atom stereocenters. The van der Waals surface area contributed by atoms with Gasteiger partial charge in [-0.1, -0.05) is 0 Å². The van der Waals surface area contributed by atoms with Gasteiger partial charge in [-0.2, -0.15) is 5.10 Å². The molecule has 1 heterocycles. The quantitative estimate of drug-likeness (QED) is 0.682. The van der Waals surface area contributed by atoms with Gasteiger partial charge in [0.05, 0.1) is 11.6 Å². The highest BCUT2D eigenvalue weighted by atomic mass is 16.4. The first-order valence-corrected chi connectivity index (χ1v) is 6.24. The number of H-pyrrole nitrogens is 1. The summed E-state index contributed by atoms with van der Waals surface area (Å²) in [6.07, 6.45) is 1.36. The zero-order valence-corrected chi connectivity index (χ0v) is 11.5. The second-order valence-electron chi connectivity index (χ2n) is 4.53. The third-order valence-electron chi connectivity index (χ3n) is 2.91. The van der Waals surface area contributed by atoms with Crippen molar-refractivity contribution >= 4 is 17.7 Å². The highest BCUT2D eigenvalue weighted by molar-refractivity contribution is 5.92. The van der Waals surface area contributed by atoms with Crippen LogP contribution in [-0.2, 0) is 0 Å². The predicted octanol–water partition coefficient (Wildman–Crippen LogP) is 1.69. The van der Waals surface area contributed by atoms with Crippen molar-refractivity contribution in [2.45, 2.75) is 19.9 Å². The molecule has 4 N–H and O–H groups in total. The van der Waals surface area contributed by atoms with Gasteiger partial charge in [0.25, 0.3) is 0 Å². The number of aromatic amines is 1. The van der Waals surface area contributed by atoms with E-state index in [1.807, 2.05) is 0 Å². The molecular formula is C13H15N5O3. The summed E-state index contributed by atoms with van der Waals surface area (Å²) in [6.45, 7) is 3.49. The number of hydrogen-bond donors (Lipinski definition) is 4. The summed E-state index contributed by atoms with van der Waals surface area (Å²) in [5, 5.41) is 20.6. The van der Waals surface area contributed by atoms with Crippen molar-refractivity contribution < 1.29 is 14.7 Å². The molecule has 0 saturated carbocycles. The van der Waals surface area contributed by atoms with Gasteiger partial charge in [-0.25, -0.2) is 14.6 Å². The molecule has 1 aromatic heterocycles. The van der Waals surface area contributed by atoms with Crippen LogP contribution in [0.3, 0.4) is 0 Å². The lowest BCUT2D eigenvalue weighted by molar-refractivity contribution is 0.0697. The normalized spacial score (nSPS) is 11.7. The number of carbonyl (C=O) groups excluding carboxylic acids is 1. The Morgan fingerprint density at radius 2 is 2.14 bits per heavy atom. The first-order valence-electron chi connectivity index (χ1n) is 6.24. The number of hydrogen-bond acceptors (Lipinski definition) is 4. The monoisotopic (exact) mass is 289 g/mol. The first-order chi connectivity index (χ1) is 9.97. The Morgan fingerprint density at radius 1 is 1.38 bits per heavy atom. The van der Waals surface area contributed by atoms with Crippen LogP contribution in [0.5, 0.6) is 0 Å². The fourth-order valence-electron chi connectivity index (χ4n) is 1.78. The van der Waals surface area contributed by atoms with E-state index in [-0.39, 0.29) is 11.6 Å². The highest BCUT2D eigenvalue weighted by Gasteiger charge is 2.13. The van der Waals surface area contributed by atoms with E-state index < -0.39 is 12.0 Å². The number of aromatic nitrogens is 3. The summed E-state index contributed by atoms with van der Waals surface area (Å²) >= 11 is 0. The summed E-state index contributed by atoms with van der Waals surface area (Å²) < 4.78 is 0. The molecule has 0 aliphatic heterocycles. The number of nitrogens with one attached hydrogen (secondary N) is 3. The average molecular weight is 289 g/mol. The molecule has 0 saturated heterocycles. The molecule has 0 radical (unpaired) electrons. The van der Waals surface area contributed by atoms with Crippen LogP contribution in [0.15, 0.2) is 24.5 Å². The molecule has 0 bridgehead atoms. The minimum absolute atomic E-state index is 0.175. The van der Waals surface area contributed by atoms with Crippen molar-refractivity contribution in [3.8, 4) is 0 Å². The van der Waals surface area contributed by atoms with Gasteiger partial charge in [-0.05, 0) is 37.6 Å². The fraction of sp³-hybridized carbons (Fsp3) is 0.231. The number of carbonyl (C=O) groups is 2. The van der Waals surface area contributed by atoms with Crippen molar-refractivity contribution in [1.82, 2.24) is 20.5 Å². The minimum atomic E-state index is -1.01. The molecule has 110 valence electrons. The Bertz CT molecular complexity index is 654. The zero-order chi connectivity index (χ0) is 15.4. The van der Waals surface area contributed by atoms with Gasteiger partial charge >= 0.3 is 12.0 Å². The van der Waals surface area contributed by atoms with E-state index in [0.29, 0.717) is 17.1 Å². The van der Waals surface area contributed by atoms with E-state index in [9.17, 15) is 9.59 Å². The molecule has 1 aromatic carbocycles. The number of carboxylic acids is 1. The number of amides is 2. The van der Waals surface area contributed by atoms with Gasteiger partial charge in [0.2, 0.25) is 0 Å². The van der Waals surface area contributed by atoms with Gasteiger partial charge in [-0.3, -0.25) is 5.10 Å². The number of urea groups is 1. The van der Waals surface area contributed by atoms with Crippen molar-refractivity contribution in [2.75, 3.05) is 5.32 Å². The topological polar surface area (TPSA) is 120 Å². The number of aryl methyl sites for hydroxylation is 1. The molecule has 1 atom stereocenters. The smallest absolute Gasteiger partial charge is 0.335 e. The molecule has 0 spiro atoms. The maximum atomic E-state index is 11.9. The second kappa shape index (κ2) is 6.04. The lowest BCUT2D eigenvalue weighted by Crippen LogP contribution is -2.32. The molecule has 21 heavy (non-hydrogen) atoms. The van der Waals surface area contributed by atoms with E-state index in [1.165, 1.54) is 18.5 Å². The van der Waals surface area contributed by atoms with Crippen molar-refractivity contribution in [3.63, 3.8) is 0 Å². The third-order valence-corrected chi connectivity index (χ3v) is 2.91. The molecule has 2 amide bonds. The summed E-state index contributed by atoms with van der Waals surface area (Å²) in [5.41, 5.74) is 1.38. The SMILES string of the molecule is Cc1cc(C(=O)O)ccc1NC(=O)NC(C)c1ncn[nH]1. The predicted molar refractivity (Wildman–Crippen MR) is 75.1 cm³/mol. The Balaban J connectivity index is 2.01. The summed E-state index contributed by atoms with van der Waals surface area (Å²) in [5.74, 6) is -0.462. The van der Waals surface area contributed by atoms with Crippen LogP contribution in [0, 0.1) is 6.92 Å². The van der Waals surface area contributed by atoms with Crippen LogP contribution in [-0.4, -0.2) is 32.3 Å². The number of rotatable bonds is 4. The summed E-state index contributed by atoms with van der Waals surface area (Å²) in [4.78, 5) is 26.7. The molecule has 8 heteroatoms. The van der Waals surface area contributed by atoms with Gasteiger partial charge in [0.15, 0.2) is 0 Å². The fourth-order valence-corrected chi connectivity index (χ4v) is 1.78. The maximum Gasteiger partial charge on any atom is 0.335 e. The Labute approximate surface area is 120 Å². The van der Waals surface area contributed by atoms with Crippen LogP contribution in [0.2, 0.25) is 0 Å². The van der Waals surface area contributed by atoms with Crippen LogP contribution in [0.1, 0.15) is 34.7 Å². The average Bonchev–Trinajstić information content (AvgIpc) is 2.94. The van der Waals surface area contributed by atoms with Crippen LogP contribution in [0.4, 0.5) is 10.5 Å². The molecule has 0 aliphatic carbocycles.